The van der Waals surface area contributed by atoms with E-state index in [-0.39, 0.29) is 24.0 Å². The minimum Gasteiger partial charge on any atom is -0.463 e. The molecule has 0 aliphatic carbocycles. The van der Waals surface area contributed by atoms with E-state index in [1.807, 2.05) is 14.1 Å². The lowest BCUT2D eigenvalue weighted by atomic mass is 9.87. The van der Waals surface area contributed by atoms with Crippen LogP contribution in [-0.4, -0.2) is 62.8 Å². The van der Waals surface area contributed by atoms with Gasteiger partial charge in [0.2, 0.25) is 0 Å². The molecule has 0 aromatic rings. The van der Waals surface area contributed by atoms with Crippen LogP contribution in [0.1, 0.15) is 199 Å². The van der Waals surface area contributed by atoms with Crippen LogP contribution < -0.4 is 0 Å². The van der Waals surface area contributed by atoms with Gasteiger partial charge in [-0.1, -0.05) is 134 Å². The Bertz CT molecular complexity index is 1070. The first-order chi connectivity index (χ1) is 28.3. The molecule has 0 spiro atoms. The van der Waals surface area contributed by atoms with Crippen molar-refractivity contribution < 1.29 is 28.6 Å². The van der Waals surface area contributed by atoms with Gasteiger partial charge in [-0.15, -0.1) is 0 Å². The highest BCUT2D eigenvalue weighted by molar-refractivity contribution is 5.82. The molecular weight excluding hydrogens is 747 g/mol. The number of rotatable bonds is 37. The zero-order chi connectivity index (χ0) is 45.5. The van der Waals surface area contributed by atoms with Crippen LogP contribution in [0.4, 0.5) is 0 Å². The summed E-state index contributed by atoms with van der Waals surface area (Å²) in [7, 11) is 4.07. The van der Waals surface area contributed by atoms with Gasteiger partial charge in [-0.25, -0.2) is 9.59 Å². The molecule has 0 bridgehead atoms. The summed E-state index contributed by atoms with van der Waals surface area (Å²) in [5.74, 6) is 5.02. The van der Waals surface area contributed by atoms with Gasteiger partial charge < -0.3 is 19.1 Å². The van der Waals surface area contributed by atoms with Gasteiger partial charge in [0, 0.05) is 18.6 Å². The topological polar surface area (TPSA) is 82.1 Å². The molecule has 0 saturated carbocycles. The van der Waals surface area contributed by atoms with Crippen molar-refractivity contribution >= 4 is 17.9 Å². The third-order valence-electron chi connectivity index (χ3n) is 13.0. The van der Waals surface area contributed by atoms with E-state index in [0.29, 0.717) is 78.8 Å². The van der Waals surface area contributed by atoms with Crippen molar-refractivity contribution in [1.29, 1.82) is 0 Å². The van der Waals surface area contributed by atoms with E-state index in [9.17, 15) is 14.4 Å². The number of allylic oxidation sites excluding steroid dienone is 2. The fourth-order valence-electron chi connectivity index (χ4n) is 7.87. The zero-order valence-electron chi connectivity index (χ0n) is 41.9. The normalized spacial score (nSPS) is 15.9. The van der Waals surface area contributed by atoms with Crippen molar-refractivity contribution in [3.05, 3.63) is 24.3 Å². The van der Waals surface area contributed by atoms with Crippen LogP contribution in [0.3, 0.4) is 0 Å². The Morgan fingerprint density at radius 2 is 0.833 bits per heavy atom. The molecule has 0 radical (unpaired) electrons. The molecule has 0 amide bonds. The average Bonchev–Trinajstić information content (AvgIpc) is 3.16. The van der Waals surface area contributed by atoms with Gasteiger partial charge in [-0.05, 0) is 150 Å². The predicted octanol–water partition coefficient (Wildman–Crippen LogP) is 14.1. The molecule has 0 aliphatic rings. The first-order valence-electron chi connectivity index (χ1n) is 24.9. The Labute approximate surface area is 372 Å². The Kier molecular flexibility index (Phi) is 34.1. The minimum atomic E-state index is -0.217. The van der Waals surface area contributed by atoms with E-state index in [2.05, 4.69) is 100 Å². The number of carbonyl (C=O) groups excluding carboxylic acids is 3. The highest BCUT2D eigenvalue weighted by Gasteiger charge is 2.19. The van der Waals surface area contributed by atoms with Crippen LogP contribution >= 0.6 is 0 Å². The van der Waals surface area contributed by atoms with Gasteiger partial charge in [0.15, 0.2) is 0 Å². The summed E-state index contributed by atoms with van der Waals surface area (Å²) in [6.07, 6.45) is 25.7. The van der Waals surface area contributed by atoms with Gasteiger partial charge in [0.1, 0.15) is 6.10 Å². The zero-order valence-corrected chi connectivity index (χ0v) is 41.9. The van der Waals surface area contributed by atoms with E-state index in [1.165, 1.54) is 12.8 Å². The number of nitrogens with zero attached hydrogens (tertiary/aromatic N) is 1. The second-order valence-electron chi connectivity index (χ2n) is 20.6. The summed E-state index contributed by atoms with van der Waals surface area (Å²) in [5.41, 5.74) is 0. The fraction of sp³-hybridized carbons (Fsp3) is 0.868. The van der Waals surface area contributed by atoms with Crippen molar-refractivity contribution in [1.82, 2.24) is 4.90 Å². The summed E-state index contributed by atoms with van der Waals surface area (Å²) in [4.78, 5) is 39.7. The Morgan fingerprint density at radius 1 is 0.467 bits per heavy atom. The molecule has 0 aromatic heterocycles. The van der Waals surface area contributed by atoms with Crippen molar-refractivity contribution in [2.45, 2.75) is 205 Å². The fourth-order valence-corrected chi connectivity index (χ4v) is 7.87. The second kappa shape index (κ2) is 35.3. The highest BCUT2D eigenvalue weighted by atomic mass is 16.5. The van der Waals surface area contributed by atoms with Gasteiger partial charge in [0.25, 0.3) is 0 Å². The lowest BCUT2D eigenvalue weighted by Gasteiger charge is -2.22. The number of hydrogen-bond donors (Lipinski definition) is 0. The summed E-state index contributed by atoms with van der Waals surface area (Å²) >= 11 is 0. The molecule has 0 fully saturated rings. The lowest BCUT2D eigenvalue weighted by molar-refractivity contribution is -0.150. The Morgan fingerprint density at radius 3 is 1.18 bits per heavy atom. The maximum atomic E-state index is 12.8. The molecule has 6 unspecified atom stereocenters. The summed E-state index contributed by atoms with van der Waals surface area (Å²) in [6.45, 7) is 29.0. The number of unbranched alkanes of at least 4 members (excludes halogenated alkanes) is 2. The van der Waals surface area contributed by atoms with Gasteiger partial charge >= 0.3 is 17.9 Å². The van der Waals surface area contributed by atoms with E-state index in [1.54, 1.807) is 12.2 Å². The van der Waals surface area contributed by atoms with Crippen molar-refractivity contribution in [2.75, 3.05) is 33.9 Å². The standard InChI is InChI=1S/C53H99NO6/c1-40(2)29-31-48(42(5)6)33-35-51(55)58-38-20-24-46(11)44(9)22-15-17-26-50(60-53(57)28-19-37-54(13)14)27-18-16-23-45(10)47(12)25-21-39-59-52(56)36-34-49(43(7)8)32-30-41(3)4/h33-36,40-50H,15-32,37-39H2,1-14H3. The molecule has 0 N–H and O–H groups in total. The third kappa shape index (κ3) is 32.5. The van der Waals surface area contributed by atoms with Crippen molar-refractivity contribution in [3.63, 3.8) is 0 Å². The van der Waals surface area contributed by atoms with Crippen LogP contribution in [-0.2, 0) is 28.6 Å². The van der Waals surface area contributed by atoms with Gasteiger partial charge in [-0.2, -0.15) is 0 Å². The van der Waals surface area contributed by atoms with E-state index in [0.717, 1.165) is 103 Å². The molecule has 0 heterocycles. The number of carbonyl (C=O) groups is 3. The van der Waals surface area contributed by atoms with Gasteiger partial charge in [-0.3, -0.25) is 4.79 Å². The molecule has 7 heteroatoms. The summed E-state index contributed by atoms with van der Waals surface area (Å²) in [5, 5.41) is 0. The molecule has 0 aliphatic heterocycles. The van der Waals surface area contributed by atoms with Crippen molar-refractivity contribution in [3.8, 4) is 0 Å². The monoisotopic (exact) mass is 846 g/mol. The van der Waals surface area contributed by atoms with E-state index in [4.69, 9.17) is 14.2 Å². The van der Waals surface area contributed by atoms with Crippen LogP contribution in [0.15, 0.2) is 24.3 Å². The number of ether oxygens (including phenoxy) is 3. The quantitative estimate of drug-likeness (QED) is 0.0267. The first-order valence-corrected chi connectivity index (χ1v) is 24.9. The maximum Gasteiger partial charge on any atom is 0.330 e. The lowest BCUT2D eigenvalue weighted by Crippen LogP contribution is -2.20. The molecule has 60 heavy (non-hydrogen) atoms. The van der Waals surface area contributed by atoms with Gasteiger partial charge in [0.05, 0.1) is 13.2 Å². The smallest absolute Gasteiger partial charge is 0.330 e. The number of hydrogen-bond acceptors (Lipinski definition) is 7. The molecule has 6 atom stereocenters. The predicted molar refractivity (Wildman–Crippen MR) is 255 cm³/mol. The van der Waals surface area contributed by atoms with E-state index < -0.39 is 0 Å². The summed E-state index contributed by atoms with van der Waals surface area (Å²) < 4.78 is 17.2. The molecule has 0 aromatic carbocycles. The van der Waals surface area contributed by atoms with Crippen molar-refractivity contribution in [2.24, 2.45) is 59.2 Å². The number of esters is 3. The molecule has 0 rings (SSSR count). The highest BCUT2D eigenvalue weighted by Crippen LogP contribution is 2.27. The SMILES string of the molecule is CC(C)CCC(C=CC(=O)OCCCC(C)C(C)CCCCC(CCCCC(C)C(C)CCCOC(=O)C=CC(CCC(C)C)C(C)C)OC(=O)CCCN(C)C)C(C)C. The third-order valence-corrected chi connectivity index (χ3v) is 13.0. The van der Waals surface area contributed by atoms with Crippen LogP contribution in [0.2, 0.25) is 0 Å². The maximum absolute atomic E-state index is 12.8. The van der Waals surface area contributed by atoms with Crippen LogP contribution in [0, 0.1) is 59.2 Å². The molecule has 0 saturated heterocycles. The second-order valence-corrected chi connectivity index (χ2v) is 20.6. The molecule has 352 valence electrons. The van der Waals surface area contributed by atoms with Crippen LogP contribution in [0.5, 0.6) is 0 Å². The molecular formula is C53H99NO6. The average molecular weight is 846 g/mol. The van der Waals surface area contributed by atoms with E-state index >= 15 is 0 Å². The Balaban J connectivity index is 4.68. The summed E-state index contributed by atoms with van der Waals surface area (Å²) in [6, 6.07) is 0. The minimum absolute atomic E-state index is 0.0122. The first kappa shape index (κ1) is 57.9. The Hall–Kier alpha value is -2.15. The molecule has 7 nitrogen and oxygen atoms in total. The largest absolute Gasteiger partial charge is 0.463 e. The van der Waals surface area contributed by atoms with Crippen LogP contribution in [0.25, 0.3) is 0 Å².